The topological polar surface area (TPSA) is 102 Å². The van der Waals surface area contributed by atoms with Gasteiger partial charge in [-0.05, 0) is 12.1 Å². The van der Waals surface area contributed by atoms with E-state index in [1.807, 2.05) is 24.3 Å². The number of ether oxygens (including phenoxy) is 1. The molecule has 2 N–H and O–H groups in total. The van der Waals surface area contributed by atoms with E-state index in [9.17, 15) is 13.0 Å². The Kier molecular flexibility index (Phi) is 7.51. The van der Waals surface area contributed by atoms with Crippen LogP contribution in [0.1, 0.15) is 0 Å². The van der Waals surface area contributed by atoms with Crippen LogP contribution in [-0.2, 0) is 14.6 Å². The summed E-state index contributed by atoms with van der Waals surface area (Å²) in [6.07, 6.45) is 0. The van der Waals surface area contributed by atoms with E-state index in [1.165, 1.54) is 0 Å². The molecular formula is C12H22N2O5S. The molecule has 0 aromatic heterocycles. The molecule has 0 saturated carbocycles. The fraction of sp³-hybridized carbons (Fsp3) is 0.500. The molecule has 0 bridgehead atoms. The van der Waals surface area contributed by atoms with Crippen molar-refractivity contribution in [2.75, 3.05) is 47.1 Å². The Labute approximate surface area is 120 Å². The van der Waals surface area contributed by atoms with Crippen molar-refractivity contribution in [2.24, 2.45) is 0 Å². The van der Waals surface area contributed by atoms with Crippen LogP contribution in [0.25, 0.3) is 0 Å². The molecule has 0 amide bonds. The molecule has 20 heavy (non-hydrogen) atoms. The third-order valence-electron chi connectivity index (χ3n) is 2.14. The van der Waals surface area contributed by atoms with E-state index in [2.05, 4.69) is 25.3 Å². The molecule has 0 saturated heterocycles. The van der Waals surface area contributed by atoms with Crippen molar-refractivity contribution >= 4 is 16.1 Å². The molecule has 0 heterocycles. The number of anilines is 1. The van der Waals surface area contributed by atoms with E-state index < -0.39 is 10.4 Å². The van der Waals surface area contributed by atoms with Crippen LogP contribution in [0.15, 0.2) is 24.3 Å². The zero-order chi connectivity index (χ0) is 15.8. The lowest BCUT2D eigenvalue weighted by Crippen LogP contribution is -2.38. The molecule has 0 unspecified atom stereocenters. The maximum atomic E-state index is 9.22. The number of benzene rings is 1. The first kappa shape index (κ1) is 18.7. The zero-order valence-electron chi connectivity index (χ0n) is 12.2. The first-order valence-corrected chi connectivity index (χ1v) is 7.17. The van der Waals surface area contributed by atoms with Crippen molar-refractivity contribution in [1.82, 2.24) is 0 Å². The molecular weight excluding hydrogens is 284 g/mol. The predicted octanol–water partition coefficient (Wildman–Crippen LogP) is 0.447. The maximum Gasteiger partial charge on any atom is 0.217 e. The van der Waals surface area contributed by atoms with E-state index in [1.54, 1.807) is 0 Å². The summed E-state index contributed by atoms with van der Waals surface area (Å²) in [6, 6.07) is 7.58. The van der Waals surface area contributed by atoms with Gasteiger partial charge in [0.15, 0.2) is 0 Å². The molecule has 0 atom stereocenters. The molecule has 0 spiro atoms. The zero-order valence-corrected chi connectivity index (χ0v) is 13.0. The number of nitrogens with zero attached hydrogens (tertiary/aromatic N) is 1. The second-order valence-electron chi connectivity index (χ2n) is 4.98. The lowest BCUT2D eigenvalue weighted by Gasteiger charge is -2.23. The molecule has 1 aromatic rings. The summed E-state index contributed by atoms with van der Waals surface area (Å²) in [7, 11) is 2.81. The average molecular weight is 306 g/mol. The number of nitrogen functional groups attached to an aromatic ring is 1. The molecule has 0 aliphatic carbocycles. The minimum atomic E-state index is -4.41. The van der Waals surface area contributed by atoms with Gasteiger partial charge in [-0.1, -0.05) is 12.1 Å². The number of nitrogens with two attached hydrogens (primary N) is 1. The van der Waals surface area contributed by atoms with Crippen LogP contribution < -0.4 is 10.5 Å². The van der Waals surface area contributed by atoms with Gasteiger partial charge in [0.1, 0.15) is 18.9 Å². The lowest BCUT2D eigenvalue weighted by atomic mass is 10.3. The standard InChI is InChI=1S/C11H19N2O.CH4O4S/c1-13(2,3)8-9-14-11-7-5-4-6-10(11)12;1-5-6(2,3)4/h4-7H,8-9,12H2,1-3H3;1H3,(H,2,3,4)/q+1;/p-1. The van der Waals surface area contributed by atoms with Crippen molar-refractivity contribution in [3.05, 3.63) is 24.3 Å². The molecule has 0 fully saturated rings. The van der Waals surface area contributed by atoms with Gasteiger partial charge in [0.25, 0.3) is 0 Å². The van der Waals surface area contributed by atoms with E-state index in [0.717, 1.165) is 23.9 Å². The summed E-state index contributed by atoms with van der Waals surface area (Å²) < 4.78 is 37.5. The minimum absolute atomic E-state index is 0.692. The average Bonchev–Trinajstić information content (AvgIpc) is 2.30. The first-order valence-electron chi connectivity index (χ1n) is 5.84. The Morgan fingerprint density at radius 3 is 2.15 bits per heavy atom. The predicted molar refractivity (Wildman–Crippen MR) is 76.0 cm³/mol. The number of hydrogen-bond acceptors (Lipinski definition) is 6. The van der Waals surface area contributed by atoms with Gasteiger partial charge in [-0.25, -0.2) is 8.42 Å². The van der Waals surface area contributed by atoms with Crippen molar-refractivity contribution in [3.8, 4) is 5.75 Å². The molecule has 1 rings (SSSR count). The molecule has 0 aliphatic rings. The molecule has 7 nitrogen and oxygen atoms in total. The van der Waals surface area contributed by atoms with Gasteiger partial charge >= 0.3 is 0 Å². The van der Waals surface area contributed by atoms with Gasteiger partial charge in [0.2, 0.25) is 10.4 Å². The Hall–Kier alpha value is -1.35. The molecule has 0 radical (unpaired) electrons. The van der Waals surface area contributed by atoms with E-state index in [4.69, 9.17) is 10.5 Å². The highest BCUT2D eigenvalue weighted by molar-refractivity contribution is 7.80. The smallest absolute Gasteiger partial charge is 0.217 e. The van der Waals surface area contributed by atoms with Crippen molar-refractivity contribution in [1.29, 1.82) is 0 Å². The highest BCUT2D eigenvalue weighted by atomic mass is 32.3. The molecule has 1 aromatic carbocycles. The third kappa shape index (κ3) is 10.6. The van der Waals surface area contributed by atoms with Gasteiger partial charge < -0.3 is 19.5 Å². The molecule has 8 heteroatoms. The van der Waals surface area contributed by atoms with Gasteiger partial charge in [0, 0.05) is 0 Å². The Morgan fingerprint density at radius 2 is 1.75 bits per heavy atom. The number of hydrogen-bond donors (Lipinski definition) is 1. The normalized spacial score (nSPS) is 11.4. The quantitative estimate of drug-likeness (QED) is 0.367. The fourth-order valence-electron chi connectivity index (χ4n) is 1.04. The Morgan fingerprint density at radius 1 is 1.25 bits per heavy atom. The summed E-state index contributed by atoms with van der Waals surface area (Å²) in [5, 5.41) is 0. The summed E-state index contributed by atoms with van der Waals surface area (Å²) in [5.41, 5.74) is 6.44. The third-order valence-corrected chi connectivity index (χ3v) is 2.55. The SMILES string of the molecule is COS(=O)(=O)[O-].C[N+](C)(C)CCOc1ccccc1N. The van der Waals surface area contributed by atoms with Crippen LogP contribution in [0.2, 0.25) is 0 Å². The van der Waals surface area contributed by atoms with Crippen LogP contribution >= 0.6 is 0 Å². The number of rotatable bonds is 5. The largest absolute Gasteiger partial charge is 0.726 e. The van der Waals surface area contributed by atoms with Crippen LogP contribution in [0.3, 0.4) is 0 Å². The second-order valence-corrected chi connectivity index (χ2v) is 6.12. The molecule has 116 valence electrons. The summed E-state index contributed by atoms with van der Waals surface area (Å²) in [4.78, 5) is 0. The van der Waals surface area contributed by atoms with E-state index in [0.29, 0.717) is 12.3 Å². The van der Waals surface area contributed by atoms with Crippen LogP contribution in [0.4, 0.5) is 5.69 Å². The van der Waals surface area contributed by atoms with Crippen molar-refractivity contribution in [2.45, 2.75) is 0 Å². The Bertz CT molecular complexity index is 497. The summed E-state index contributed by atoms with van der Waals surface area (Å²) in [5.74, 6) is 0.779. The van der Waals surface area contributed by atoms with Crippen molar-refractivity contribution in [3.63, 3.8) is 0 Å². The van der Waals surface area contributed by atoms with Gasteiger partial charge in [0.05, 0.1) is 33.9 Å². The monoisotopic (exact) mass is 306 g/mol. The number of quaternary nitrogens is 1. The fourth-order valence-corrected chi connectivity index (χ4v) is 1.04. The Balaban J connectivity index is 0.000000511. The van der Waals surface area contributed by atoms with Crippen LogP contribution in [0.5, 0.6) is 5.75 Å². The molecule has 0 aliphatic heterocycles. The highest BCUT2D eigenvalue weighted by Gasteiger charge is 2.07. The van der Waals surface area contributed by atoms with Crippen LogP contribution in [0, 0.1) is 0 Å². The van der Waals surface area contributed by atoms with E-state index in [-0.39, 0.29) is 0 Å². The van der Waals surface area contributed by atoms with Gasteiger partial charge in [-0.3, -0.25) is 4.18 Å². The second kappa shape index (κ2) is 8.05. The number of para-hydroxylation sites is 2. The summed E-state index contributed by atoms with van der Waals surface area (Å²) >= 11 is 0. The van der Waals surface area contributed by atoms with E-state index >= 15 is 0 Å². The number of likely N-dealkylation sites (N-methyl/N-ethyl adjacent to an activating group) is 1. The van der Waals surface area contributed by atoms with Gasteiger partial charge in [-0.2, -0.15) is 0 Å². The first-order chi connectivity index (χ1) is 9.05. The van der Waals surface area contributed by atoms with Crippen LogP contribution in [-0.4, -0.2) is 58.9 Å². The lowest BCUT2D eigenvalue weighted by molar-refractivity contribution is -0.870. The minimum Gasteiger partial charge on any atom is -0.726 e. The highest BCUT2D eigenvalue weighted by Crippen LogP contribution is 2.19. The maximum absolute atomic E-state index is 9.22. The van der Waals surface area contributed by atoms with Crippen molar-refractivity contribution < 1.29 is 26.4 Å². The van der Waals surface area contributed by atoms with Gasteiger partial charge in [-0.15, -0.1) is 0 Å². The summed E-state index contributed by atoms with van der Waals surface area (Å²) in [6.45, 7) is 1.66.